The predicted molar refractivity (Wildman–Crippen MR) is 135 cm³/mol. The molecule has 6 heteroatoms. The van der Waals surface area contributed by atoms with Crippen molar-refractivity contribution in [3.63, 3.8) is 0 Å². The number of benzene rings is 3. The number of amides is 2. The molecule has 0 aliphatic carbocycles. The molecule has 0 bridgehead atoms. The van der Waals surface area contributed by atoms with Crippen LogP contribution in [0, 0.1) is 0 Å². The van der Waals surface area contributed by atoms with Gasteiger partial charge in [-0.1, -0.05) is 66.7 Å². The smallest absolute Gasteiger partial charge is 0.244 e. The topological polar surface area (TPSA) is 84.0 Å². The fourth-order valence-corrected chi connectivity index (χ4v) is 4.04. The number of rotatable bonds is 5. The maximum atomic E-state index is 13.8. The maximum Gasteiger partial charge on any atom is 0.244 e. The second-order valence-corrected chi connectivity index (χ2v) is 8.16. The molecule has 166 valence electrons. The van der Waals surface area contributed by atoms with E-state index in [9.17, 15) is 9.59 Å². The van der Waals surface area contributed by atoms with Gasteiger partial charge in [0.15, 0.2) is 5.41 Å². The van der Waals surface area contributed by atoms with Crippen LogP contribution >= 0.6 is 0 Å². The number of fused-ring (bicyclic) bond motifs is 2. The quantitative estimate of drug-likeness (QED) is 0.358. The molecule has 2 aromatic heterocycles. The third kappa shape index (κ3) is 3.75. The molecule has 0 unspecified atom stereocenters. The predicted octanol–water partition coefficient (Wildman–Crippen LogP) is 5.32. The molecule has 6 nitrogen and oxygen atoms in total. The van der Waals surface area contributed by atoms with Gasteiger partial charge in [-0.3, -0.25) is 19.6 Å². The average Bonchev–Trinajstić information content (AvgIpc) is 2.89. The summed E-state index contributed by atoms with van der Waals surface area (Å²) in [4.78, 5) is 36.3. The number of nitrogens with one attached hydrogen (secondary N) is 2. The summed E-state index contributed by atoms with van der Waals surface area (Å²) in [5, 5.41) is 7.69. The molecule has 5 rings (SSSR count). The van der Waals surface area contributed by atoms with E-state index in [1.165, 1.54) is 0 Å². The monoisotopic (exact) mass is 446 g/mol. The first kappa shape index (κ1) is 21.3. The highest BCUT2D eigenvalue weighted by Crippen LogP contribution is 2.31. The van der Waals surface area contributed by atoms with Crippen LogP contribution in [-0.2, 0) is 15.0 Å². The van der Waals surface area contributed by atoms with Crippen LogP contribution < -0.4 is 10.6 Å². The summed E-state index contributed by atoms with van der Waals surface area (Å²) in [6.45, 7) is 1.63. The minimum Gasteiger partial charge on any atom is -0.323 e. The SMILES string of the molecule is CC(C(=O)Nc1cccc2cccnc12)(C(=O)Nc1cccc2cccnc12)c1ccccc1. The van der Waals surface area contributed by atoms with Crippen LogP contribution in [0.15, 0.2) is 103 Å². The normalized spacial score (nSPS) is 11.3. The van der Waals surface area contributed by atoms with Gasteiger partial charge in [-0.25, -0.2) is 0 Å². The van der Waals surface area contributed by atoms with Crippen LogP contribution in [0.4, 0.5) is 11.4 Å². The van der Waals surface area contributed by atoms with E-state index >= 15 is 0 Å². The Kier molecular flexibility index (Phi) is 5.47. The van der Waals surface area contributed by atoms with Gasteiger partial charge in [0.2, 0.25) is 11.8 Å². The van der Waals surface area contributed by atoms with Crippen LogP contribution in [0.3, 0.4) is 0 Å². The van der Waals surface area contributed by atoms with E-state index in [0.717, 1.165) is 10.8 Å². The largest absolute Gasteiger partial charge is 0.323 e. The van der Waals surface area contributed by atoms with Gasteiger partial charge in [-0.2, -0.15) is 0 Å². The molecule has 2 N–H and O–H groups in total. The maximum absolute atomic E-state index is 13.8. The second-order valence-electron chi connectivity index (χ2n) is 8.16. The van der Waals surface area contributed by atoms with E-state index in [1.807, 2.05) is 66.7 Å². The first-order chi connectivity index (χ1) is 16.6. The average molecular weight is 447 g/mol. The Labute approximate surface area is 196 Å². The van der Waals surface area contributed by atoms with E-state index in [2.05, 4.69) is 20.6 Å². The summed E-state index contributed by atoms with van der Waals surface area (Å²) in [7, 11) is 0. The zero-order chi connectivity index (χ0) is 23.5. The van der Waals surface area contributed by atoms with E-state index in [1.54, 1.807) is 43.6 Å². The highest BCUT2D eigenvalue weighted by Gasteiger charge is 2.43. The lowest BCUT2D eigenvalue weighted by molar-refractivity contribution is -0.131. The Balaban J connectivity index is 1.55. The lowest BCUT2D eigenvalue weighted by Crippen LogP contribution is -2.47. The van der Waals surface area contributed by atoms with Gasteiger partial charge in [0.25, 0.3) is 0 Å². The van der Waals surface area contributed by atoms with Gasteiger partial charge in [0.1, 0.15) is 0 Å². The summed E-state index contributed by atoms with van der Waals surface area (Å²) in [5.41, 5.74) is 1.47. The number of anilines is 2. The van der Waals surface area contributed by atoms with Crippen molar-refractivity contribution in [3.05, 3.63) is 109 Å². The van der Waals surface area contributed by atoms with Crippen LogP contribution in [0.25, 0.3) is 21.8 Å². The first-order valence-electron chi connectivity index (χ1n) is 10.9. The van der Waals surface area contributed by atoms with Crippen LogP contribution in [-0.4, -0.2) is 21.8 Å². The Morgan fingerprint density at radius 1 is 0.618 bits per heavy atom. The Morgan fingerprint density at radius 2 is 1.09 bits per heavy atom. The number of carbonyl (C=O) groups is 2. The standard InChI is InChI=1S/C28H22N4O2/c1-28(21-13-3-2-4-14-21,26(33)31-22-15-5-9-19-11-7-17-29-24(19)22)27(34)32-23-16-6-10-20-12-8-18-30-25(20)23/h2-18H,1H3,(H,31,33)(H,32,34). The summed E-state index contributed by atoms with van der Waals surface area (Å²) >= 11 is 0. The van der Waals surface area contributed by atoms with Crippen molar-refractivity contribution in [2.45, 2.75) is 12.3 Å². The zero-order valence-electron chi connectivity index (χ0n) is 18.5. The molecule has 0 aliphatic heterocycles. The first-order valence-corrected chi connectivity index (χ1v) is 10.9. The molecule has 0 aliphatic rings. The van der Waals surface area contributed by atoms with Gasteiger partial charge in [0, 0.05) is 23.2 Å². The fraction of sp³-hybridized carbons (Fsp3) is 0.0714. The van der Waals surface area contributed by atoms with Gasteiger partial charge >= 0.3 is 0 Å². The summed E-state index contributed by atoms with van der Waals surface area (Å²) in [6, 6.07) is 27.7. The van der Waals surface area contributed by atoms with Crippen molar-refractivity contribution in [2.75, 3.05) is 10.6 Å². The van der Waals surface area contributed by atoms with Crippen molar-refractivity contribution in [1.82, 2.24) is 9.97 Å². The van der Waals surface area contributed by atoms with Gasteiger partial charge in [-0.15, -0.1) is 0 Å². The molecule has 34 heavy (non-hydrogen) atoms. The number of para-hydroxylation sites is 2. The van der Waals surface area contributed by atoms with Crippen molar-refractivity contribution < 1.29 is 9.59 Å². The molecule has 3 aromatic carbocycles. The number of aromatic nitrogens is 2. The number of nitrogens with zero attached hydrogens (tertiary/aromatic N) is 2. The van der Waals surface area contributed by atoms with Gasteiger partial charge < -0.3 is 10.6 Å². The van der Waals surface area contributed by atoms with Gasteiger partial charge in [-0.05, 0) is 36.8 Å². The van der Waals surface area contributed by atoms with Crippen molar-refractivity contribution in [1.29, 1.82) is 0 Å². The van der Waals surface area contributed by atoms with Crippen LogP contribution in [0.5, 0.6) is 0 Å². The van der Waals surface area contributed by atoms with E-state index in [-0.39, 0.29) is 0 Å². The van der Waals surface area contributed by atoms with E-state index in [0.29, 0.717) is 28.0 Å². The minimum absolute atomic E-state index is 0.456. The highest BCUT2D eigenvalue weighted by molar-refractivity contribution is 6.21. The molecule has 5 aromatic rings. The highest BCUT2D eigenvalue weighted by atomic mass is 16.2. The summed E-state index contributed by atoms with van der Waals surface area (Å²) in [6.07, 6.45) is 3.35. The molecule has 2 heterocycles. The third-order valence-electron chi connectivity index (χ3n) is 6.02. The fourth-order valence-electron chi connectivity index (χ4n) is 4.04. The Hall–Kier alpha value is -4.58. The Morgan fingerprint density at radius 3 is 1.59 bits per heavy atom. The molecule has 2 amide bonds. The number of hydrogen-bond acceptors (Lipinski definition) is 4. The van der Waals surface area contributed by atoms with E-state index in [4.69, 9.17) is 0 Å². The number of carbonyl (C=O) groups excluding carboxylic acids is 2. The molecule has 0 saturated carbocycles. The summed E-state index contributed by atoms with van der Waals surface area (Å²) < 4.78 is 0. The minimum atomic E-state index is -1.52. The van der Waals surface area contributed by atoms with Crippen molar-refractivity contribution in [3.8, 4) is 0 Å². The van der Waals surface area contributed by atoms with Crippen LogP contribution in [0.2, 0.25) is 0 Å². The molecule has 0 fully saturated rings. The molecule has 0 radical (unpaired) electrons. The zero-order valence-corrected chi connectivity index (χ0v) is 18.5. The molecule has 0 spiro atoms. The third-order valence-corrected chi connectivity index (χ3v) is 6.02. The molecule has 0 atom stereocenters. The molecular weight excluding hydrogens is 424 g/mol. The summed E-state index contributed by atoms with van der Waals surface area (Å²) in [5.74, 6) is -0.912. The number of pyridine rings is 2. The van der Waals surface area contributed by atoms with Crippen LogP contribution in [0.1, 0.15) is 12.5 Å². The number of hydrogen-bond donors (Lipinski definition) is 2. The van der Waals surface area contributed by atoms with Crippen molar-refractivity contribution >= 4 is 45.0 Å². The van der Waals surface area contributed by atoms with Gasteiger partial charge in [0.05, 0.1) is 22.4 Å². The lowest BCUT2D eigenvalue weighted by Gasteiger charge is -2.28. The molecule has 0 saturated heterocycles. The molecular formula is C28H22N4O2. The second kappa shape index (κ2) is 8.75. The van der Waals surface area contributed by atoms with Crippen molar-refractivity contribution in [2.24, 2.45) is 0 Å². The lowest BCUT2D eigenvalue weighted by atomic mass is 9.80. The Bertz CT molecular complexity index is 1410. The van der Waals surface area contributed by atoms with E-state index < -0.39 is 17.2 Å².